The average molecular weight is 439 g/mol. The number of benzene rings is 3. The first-order valence-electron chi connectivity index (χ1n) is 11.2. The predicted octanol–water partition coefficient (Wildman–Crippen LogP) is 4.19. The third kappa shape index (κ3) is 4.37. The molecule has 1 aliphatic rings. The number of methoxy groups -OCH3 is 1. The fourth-order valence-electron chi connectivity index (χ4n) is 4.34. The molecule has 0 unspecified atom stereocenters. The topological polar surface area (TPSA) is 58.6 Å². The quantitative estimate of drug-likeness (QED) is 0.468. The first-order chi connectivity index (χ1) is 16.2. The highest BCUT2D eigenvalue weighted by Gasteiger charge is 2.24. The lowest BCUT2D eigenvalue weighted by Gasteiger charge is -2.35. The molecule has 4 aromatic rings. The van der Waals surface area contributed by atoms with E-state index in [1.807, 2.05) is 59.5 Å². The number of aromatic nitrogens is 2. The van der Waals surface area contributed by atoms with E-state index in [1.54, 1.807) is 7.11 Å². The number of amides is 1. The summed E-state index contributed by atoms with van der Waals surface area (Å²) in [6, 6.07) is 26.0. The van der Waals surface area contributed by atoms with Crippen LogP contribution in [0.2, 0.25) is 0 Å². The van der Waals surface area contributed by atoms with Crippen LogP contribution in [0, 0.1) is 0 Å². The zero-order chi connectivity index (χ0) is 22.6. The molecule has 3 aromatic carbocycles. The normalized spacial score (nSPS) is 13.8. The van der Waals surface area contributed by atoms with Gasteiger partial charge in [0.25, 0.3) is 5.91 Å². The third-order valence-electron chi connectivity index (χ3n) is 6.16. The summed E-state index contributed by atoms with van der Waals surface area (Å²) in [5.74, 6) is 1.68. The molecular formula is C27H26N4O2. The van der Waals surface area contributed by atoms with E-state index in [1.165, 1.54) is 5.56 Å². The summed E-state index contributed by atoms with van der Waals surface area (Å²) < 4.78 is 5.19. The monoisotopic (exact) mass is 438 g/mol. The summed E-state index contributed by atoms with van der Waals surface area (Å²) in [5.41, 5.74) is 2.88. The molecule has 6 heteroatoms. The molecule has 5 rings (SSSR count). The molecule has 0 aliphatic carbocycles. The Kier molecular flexibility index (Phi) is 5.89. The first kappa shape index (κ1) is 20.9. The largest absolute Gasteiger partial charge is 0.497 e. The lowest BCUT2D eigenvalue weighted by atomic mass is 10.0. The molecule has 33 heavy (non-hydrogen) atoms. The third-order valence-corrected chi connectivity index (χ3v) is 6.16. The van der Waals surface area contributed by atoms with Crippen LogP contribution < -0.4 is 9.64 Å². The van der Waals surface area contributed by atoms with E-state index in [0.29, 0.717) is 18.7 Å². The molecule has 0 N–H and O–H groups in total. The van der Waals surface area contributed by atoms with Gasteiger partial charge in [-0.25, -0.2) is 0 Å². The van der Waals surface area contributed by atoms with Gasteiger partial charge in [0.15, 0.2) is 5.82 Å². The fraction of sp³-hybridized carbons (Fsp3) is 0.222. The Hall–Kier alpha value is -3.93. The van der Waals surface area contributed by atoms with Crippen molar-refractivity contribution in [2.75, 3.05) is 38.2 Å². The van der Waals surface area contributed by atoms with Crippen LogP contribution in [0.3, 0.4) is 0 Å². The number of rotatable bonds is 5. The van der Waals surface area contributed by atoms with Crippen LogP contribution in [0.25, 0.3) is 10.8 Å². The Bertz CT molecular complexity index is 1250. The number of nitrogens with zero attached hydrogens (tertiary/aromatic N) is 4. The van der Waals surface area contributed by atoms with Gasteiger partial charge in [-0.15, -0.1) is 5.10 Å². The van der Waals surface area contributed by atoms with Crippen molar-refractivity contribution in [1.82, 2.24) is 15.1 Å². The minimum atomic E-state index is 0.0476. The number of carbonyl (C=O) groups excluding carboxylic acids is 1. The van der Waals surface area contributed by atoms with E-state index < -0.39 is 0 Å². The van der Waals surface area contributed by atoms with Gasteiger partial charge in [-0.05, 0) is 29.8 Å². The van der Waals surface area contributed by atoms with Gasteiger partial charge in [-0.1, -0.05) is 54.6 Å². The molecule has 6 nitrogen and oxygen atoms in total. The number of piperazine rings is 1. The maximum absolute atomic E-state index is 12.9. The minimum absolute atomic E-state index is 0.0476. The smallest absolute Gasteiger partial charge is 0.253 e. The standard InChI is InChI=1S/C27H26N4O2/c1-33-22-13-11-21(12-14-22)27(32)31-17-15-30(16-18-31)26-24-10-6-5-9-23(24)25(28-29-26)19-20-7-3-2-4-8-20/h2-14H,15-19H2,1H3. The second kappa shape index (κ2) is 9.28. The van der Waals surface area contributed by atoms with Gasteiger partial charge in [0.05, 0.1) is 12.8 Å². The van der Waals surface area contributed by atoms with Gasteiger partial charge in [-0.3, -0.25) is 4.79 Å². The summed E-state index contributed by atoms with van der Waals surface area (Å²) in [6.45, 7) is 2.73. The Balaban J connectivity index is 1.33. The maximum atomic E-state index is 12.9. The van der Waals surface area contributed by atoms with Crippen LogP contribution in [0.1, 0.15) is 21.6 Å². The highest BCUT2D eigenvalue weighted by Crippen LogP contribution is 2.28. The molecule has 0 saturated carbocycles. The van der Waals surface area contributed by atoms with Crippen LogP contribution in [0.5, 0.6) is 5.75 Å². The number of hydrogen-bond acceptors (Lipinski definition) is 5. The molecule has 1 fully saturated rings. The highest BCUT2D eigenvalue weighted by molar-refractivity contribution is 5.95. The molecule has 1 aromatic heterocycles. The number of fused-ring (bicyclic) bond motifs is 1. The van der Waals surface area contributed by atoms with E-state index in [9.17, 15) is 4.79 Å². The Morgan fingerprint density at radius 3 is 2.18 bits per heavy atom. The van der Waals surface area contributed by atoms with E-state index >= 15 is 0 Å². The van der Waals surface area contributed by atoms with Gasteiger partial charge in [0, 0.05) is 48.9 Å². The van der Waals surface area contributed by atoms with E-state index in [-0.39, 0.29) is 5.91 Å². The number of carbonyl (C=O) groups is 1. The summed E-state index contributed by atoms with van der Waals surface area (Å²) in [7, 11) is 1.62. The molecule has 0 bridgehead atoms. The van der Waals surface area contributed by atoms with Crippen LogP contribution >= 0.6 is 0 Å². The van der Waals surface area contributed by atoms with Crippen LogP contribution in [0.4, 0.5) is 5.82 Å². The first-order valence-corrected chi connectivity index (χ1v) is 11.2. The van der Waals surface area contributed by atoms with Crippen molar-refractivity contribution in [2.45, 2.75) is 6.42 Å². The molecular weight excluding hydrogens is 412 g/mol. The van der Waals surface area contributed by atoms with Gasteiger partial charge in [0.1, 0.15) is 5.75 Å². The molecule has 2 heterocycles. The molecule has 1 saturated heterocycles. The SMILES string of the molecule is COc1ccc(C(=O)N2CCN(c3nnc(Cc4ccccc4)c4ccccc34)CC2)cc1. The molecule has 0 radical (unpaired) electrons. The lowest BCUT2D eigenvalue weighted by Crippen LogP contribution is -2.49. The molecule has 166 valence electrons. The molecule has 1 amide bonds. The predicted molar refractivity (Wildman–Crippen MR) is 130 cm³/mol. The molecule has 0 spiro atoms. The average Bonchev–Trinajstić information content (AvgIpc) is 2.89. The van der Waals surface area contributed by atoms with Crippen LogP contribution in [0.15, 0.2) is 78.9 Å². The van der Waals surface area contributed by atoms with E-state index in [2.05, 4.69) is 39.4 Å². The fourth-order valence-corrected chi connectivity index (χ4v) is 4.34. The second-order valence-electron chi connectivity index (χ2n) is 8.19. The minimum Gasteiger partial charge on any atom is -0.497 e. The second-order valence-corrected chi connectivity index (χ2v) is 8.19. The molecule has 1 aliphatic heterocycles. The van der Waals surface area contributed by atoms with Crippen LogP contribution in [-0.2, 0) is 6.42 Å². The Morgan fingerprint density at radius 1 is 0.818 bits per heavy atom. The Morgan fingerprint density at radius 2 is 1.48 bits per heavy atom. The summed E-state index contributed by atoms with van der Waals surface area (Å²) in [5, 5.41) is 11.5. The van der Waals surface area contributed by atoms with Crippen molar-refractivity contribution < 1.29 is 9.53 Å². The highest BCUT2D eigenvalue weighted by atomic mass is 16.5. The maximum Gasteiger partial charge on any atom is 0.253 e. The van der Waals surface area contributed by atoms with Crippen molar-refractivity contribution in [3.05, 3.63) is 95.7 Å². The summed E-state index contributed by atoms with van der Waals surface area (Å²) in [4.78, 5) is 17.0. The van der Waals surface area contributed by atoms with Crippen molar-refractivity contribution in [2.24, 2.45) is 0 Å². The van der Waals surface area contributed by atoms with Crippen molar-refractivity contribution in [3.63, 3.8) is 0 Å². The zero-order valence-electron chi connectivity index (χ0n) is 18.6. The number of hydrogen-bond donors (Lipinski definition) is 0. The lowest BCUT2D eigenvalue weighted by molar-refractivity contribution is 0.0746. The number of anilines is 1. The van der Waals surface area contributed by atoms with Gasteiger partial charge >= 0.3 is 0 Å². The van der Waals surface area contributed by atoms with Gasteiger partial charge in [-0.2, -0.15) is 5.10 Å². The van der Waals surface area contributed by atoms with Gasteiger partial charge in [0.2, 0.25) is 0 Å². The van der Waals surface area contributed by atoms with E-state index in [4.69, 9.17) is 4.74 Å². The zero-order valence-corrected chi connectivity index (χ0v) is 18.6. The summed E-state index contributed by atoms with van der Waals surface area (Å²) >= 11 is 0. The van der Waals surface area contributed by atoms with Crippen molar-refractivity contribution in [1.29, 1.82) is 0 Å². The van der Waals surface area contributed by atoms with Crippen LogP contribution in [-0.4, -0.2) is 54.3 Å². The molecule has 0 atom stereocenters. The number of ether oxygens (including phenoxy) is 1. The Labute approximate surface area is 193 Å². The van der Waals surface area contributed by atoms with Crippen molar-refractivity contribution in [3.8, 4) is 5.75 Å². The van der Waals surface area contributed by atoms with Crippen molar-refractivity contribution >= 4 is 22.5 Å². The van der Waals surface area contributed by atoms with Gasteiger partial charge < -0.3 is 14.5 Å². The summed E-state index contributed by atoms with van der Waals surface area (Å²) in [6.07, 6.45) is 0.749. The van der Waals surface area contributed by atoms with E-state index in [0.717, 1.165) is 47.5 Å².